The number of aryl methyl sites for hydroxylation is 1. The molecule has 1 saturated heterocycles. The van der Waals surface area contributed by atoms with Crippen molar-refractivity contribution in [1.29, 1.82) is 0 Å². The Morgan fingerprint density at radius 3 is 2.65 bits per heavy atom. The van der Waals surface area contributed by atoms with Gasteiger partial charge in [-0.1, -0.05) is 36.8 Å². The number of ether oxygens (including phenoxy) is 1. The van der Waals surface area contributed by atoms with E-state index >= 15 is 0 Å². The monoisotopic (exact) mass is 317 g/mol. The van der Waals surface area contributed by atoms with Gasteiger partial charge in [0.15, 0.2) is 0 Å². The Balaban J connectivity index is 1.48. The van der Waals surface area contributed by atoms with E-state index in [4.69, 9.17) is 4.74 Å². The maximum atomic E-state index is 9.84. The Bertz CT molecular complexity index is 456. The van der Waals surface area contributed by atoms with Gasteiger partial charge < -0.3 is 15.2 Å². The van der Waals surface area contributed by atoms with Crippen molar-refractivity contribution in [3.8, 4) is 0 Å². The molecule has 0 radical (unpaired) electrons. The topological polar surface area (TPSA) is 41.5 Å². The van der Waals surface area contributed by atoms with Crippen LogP contribution >= 0.6 is 0 Å². The maximum absolute atomic E-state index is 9.84. The van der Waals surface area contributed by atoms with Crippen molar-refractivity contribution in [3.05, 3.63) is 35.9 Å². The quantitative estimate of drug-likeness (QED) is 0.811. The molecule has 23 heavy (non-hydrogen) atoms. The van der Waals surface area contributed by atoms with Gasteiger partial charge in [-0.3, -0.25) is 0 Å². The van der Waals surface area contributed by atoms with E-state index in [2.05, 4.69) is 35.6 Å². The molecule has 1 aliphatic carbocycles. The van der Waals surface area contributed by atoms with Gasteiger partial charge in [-0.15, -0.1) is 0 Å². The third-order valence-electron chi connectivity index (χ3n) is 5.93. The fourth-order valence-electron chi connectivity index (χ4n) is 4.19. The van der Waals surface area contributed by atoms with Crippen LogP contribution in [0.25, 0.3) is 0 Å². The first-order valence-corrected chi connectivity index (χ1v) is 9.27. The highest BCUT2D eigenvalue weighted by atomic mass is 16.5. The highest BCUT2D eigenvalue weighted by Crippen LogP contribution is 2.33. The summed E-state index contributed by atoms with van der Waals surface area (Å²) in [6.45, 7) is 2.82. The molecule has 1 aromatic rings. The second-order valence-electron chi connectivity index (χ2n) is 7.47. The van der Waals surface area contributed by atoms with Gasteiger partial charge in [-0.25, -0.2) is 0 Å². The lowest BCUT2D eigenvalue weighted by Crippen LogP contribution is -2.46. The number of nitrogens with one attached hydrogen (secondary N) is 1. The summed E-state index contributed by atoms with van der Waals surface area (Å²) in [7, 11) is 0. The van der Waals surface area contributed by atoms with Gasteiger partial charge in [0.05, 0.1) is 6.61 Å². The Hall–Kier alpha value is -0.900. The van der Waals surface area contributed by atoms with Crippen LogP contribution in [0.5, 0.6) is 0 Å². The van der Waals surface area contributed by atoms with Crippen molar-refractivity contribution in [2.24, 2.45) is 11.3 Å². The number of rotatable bonds is 7. The van der Waals surface area contributed by atoms with Crippen LogP contribution in [0.4, 0.5) is 0 Å². The zero-order valence-electron chi connectivity index (χ0n) is 14.2. The largest absolute Gasteiger partial charge is 0.396 e. The molecule has 0 bridgehead atoms. The summed E-state index contributed by atoms with van der Waals surface area (Å²) in [6.07, 6.45) is 8.40. The van der Waals surface area contributed by atoms with E-state index in [1.165, 1.54) is 37.7 Å². The van der Waals surface area contributed by atoms with E-state index in [0.29, 0.717) is 6.04 Å². The zero-order chi connectivity index (χ0) is 16.0. The number of aliphatic hydroxyl groups is 1. The summed E-state index contributed by atoms with van der Waals surface area (Å²) in [5.74, 6) is 0.783. The van der Waals surface area contributed by atoms with E-state index in [0.717, 1.165) is 38.5 Å². The third kappa shape index (κ3) is 4.56. The number of hydrogen-bond donors (Lipinski definition) is 2. The Morgan fingerprint density at radius 1 is 1.13 bits per heavy atom. The summed E-state index contributed by atoms with van der Waals surface area (Å²) in [6, 6.07) is 11.5. The van der Waals surface area contributed by atoms with Crippen LogP contribution in [0.15, 0.2) is 30.3 Å². The molecule has 3 heteroatoms. The van der Waals surface area contributed by atoms with E-state index in [1.54, 1.807) is 0 Å². The van der Waals surface area contributed by atoms with Crippen molar-refractivity contribution in [2.75, 3.05) is 26.4 Å². The van der Waals surface area contributed by atoms with Crippen LogP contribution in [0, 0.1) is 11.3 Å². The van der Waals surface area contributed by atoms with Crippen LogP contribution in [0.2, 0.25) is 0 Å². The molecule has 2 fully saturated rings. The molecule has 128 valence electrons. The van der Waals surface area contributed by atoms with Gasteiger partial charge in [0.25, 0.3) is 0 Å². The van der Waals surface area contributed by atoms with Crippen molar-refractivity contribution in [3.63, 3.8) is 0 Å². The molecule has 2 aliphatic rings. The third-order valence-corrected chi connectivity index (χ3v) is 5.93. The van der Waals surface area contributed by atoms with Gasteiger partial charge in [0.1, 0.15) is 0 Å². The van der Waals surface area contributed by atoms with Crippen molar-refractivity contribution >= 4 is 0 Å². The van der Waals surface area contributed by atoms with Gasteiger partial charge in [0.2, 0.25) is 0 Å². The molecule has 1 aliphatic heterocycles. The molecule has 2 N–H and O–H groups in total. The summed E-state index contributed by atoms with van der Waals surface area (Å²) in [5, 5.41) is 13.7. The van der Waals surface area contributed by atoms with E-state index < -0.39 is 0 Å². The predicted octanol–water partition coefficient (Wildman–Crippen LogP) is 3.17. The molecule has 1 aromatic carbocycles. The lowest BCUT2D eigenvalue weighted by Gasteiger charge is -2.37. The normalized spacial score (nSPS) is 27.2. The average molecular weight is 317 g/mol. The molecular weight excluding hydrogens is 286 g/mol. The molecule has 2 unspecified atom stereocenters. The van der Waals surface area contributed by atoms with Gasteiger partial charge in [-0.05, 0) is 50.0 Å². The molecule has 2 atom stereocenters. The van der Waals surface area contributed by atoms with Gasteiger partial charge in [0, 0.05) is 31.2 Å². The lowest BCUT2D eigenvalue weighted by atomic mass is 9.80. The fraction of sp³-hybridized carbons (Fsp3) is 0.700. The Labute approximate surface area is 140 Å². The van der Waals surface area contributed by atoms with Crippen molar-refractivity contribution in [1.82, 2.24) is 5.32 Å². The smallest absolute Gasteiger partial charge is 0.0501 e. The SMILES string of the molecule is OCC1(CNC2CCCC2CCc2ccccc2)CCOCC1. The van der Waals surface area contributed by atoms with Crippen LogP contribution in [0.1, 0.15) is 44.1 Å². The minimum absolute atomic E-state index is 0.0464. The molecule has 3 nitrogen and oxygen atoms in total. The Morgan fingerprint density at radius 2 is 1.91 bits per heavy atom. The van der Waals surface area contributed by atoms with E-state index in [9.17, 15) is 5.11 Å². The number of benzene rings is 1. The van der Waals surface area contributed by atoms with Crippen LogP contribution in [-0.2, 0) is 11.2 Å². The standard InChI is InChI=1S/C20H31NO2/c22-16-20(11-13-23-14-12-20)15-21-19-8-4-7-18(19)10-9-17-5-2-1-3-6-17/h1-3,5-6,18-19,21-22H,4,7-16H2. The van der Waals surface area contributed by atoms with Gasteiger partial charge in [-0.2, -0.15) is 0 Å². The van der Waals surface area contributed by atoms with Crippen LogP contribution < -0.4 is 5.32 Å². The Kier molecular flexibility index (Phi) is 6.09. The van der Waals surface area contributed by atoms with Crippen molar-refractivity contribution < 1.29 is 9.84 Å². The van der Waals surface area contributed by atoms with Crippen LogP contribution in [0.3, 0.4) is 0 Å². The number of hydrogen-bond acceptors (Lipinski definition) is 3. The second-order valence-corrected chi connectivity index (χ2v) is 7.47. The predicted molar refractivity (Wildman–Crippen MR) is 93.5 cm³/mol. The van der Waals surface area contributed by atoms with Crippen molar-refractivity contribution in [2.45, 2.75) is 51.0 Å². The molecule has 3 rings (SSSR count). The molecule has 0 spiro atoms. The highest BCUT2D eigenvalue weighted by Gasteiger charge is 2.34. The molecule has 1 heterocycles. The first-order chi connectivity index (χ1) is 11.3. The summed E-state index contributed by atoms with van der Waals surface area (Å²) >= 11 is 0. The molecule has 0 aromatic heterocycles. The highest BCUT2D eigenvalue weighted by molar-refractivity contribution is 5.14. The van der Waals surface area contributed by atoms with Crippen LogP contribution in [-0.4, -0.2) is 37.5 Å². The van der Waals surface area contributed by atoms with Gasteiger partial charge >= 0.3 is 0 Å². The first-order valence-electron chi connectivity index (χ1n) is 9.27. The fourth-order valence-corrected chi connectivity index (χ4v) is 4.19. The van der Waals surface area contributed by atoms with E-state index in [-0.39, 0.29) is 12.0 Å². The minimum Gasteiger partial charge on any atom is -0.396 e. The minimum atomic E-state index is 0.0464. The number of aliphatic hydroxyl groups excluding tert-OH is 1. The second kappa shape index (κ2) is 8.27. The molecule has 0 amide bonds. The molecular formula is C20H31NO2. The average Bonchev–Trinajstić information content (AvgIpc) is 3.07. The zero-order valence-corrected chi connectivity index (χ0v) is 14.2. The first kappa shape index (κ1) is 16.9. The maximum Gasteiger partial charge on any atom is 0.0501 e. The van der Waals surface area contributed by atoms with E-state index in [1.807, 2.05) is 0 Å². The summed E-state index contributed by atoms with van der Waals surface area (Å²) < 4.78 is 5.47. The summed E-state index contributed by atoms with van der Waals surface area (Å²) in [4.78, 5) is 0. The molecule has 1 saturated carbocycles. The lowest BCUT2D eigenvalue weighted by molar-refractivity contribution is -0.0171. The summed E-state index contributed by atoms with van der Waals surface area (Å²) in [5.41, 5.74) is 1.50.